The Balaban J connectivity index is 1.90. The molecule has 0 atom stereocenters. The predicted octanol–water partition coefficient (Wildman–Crippen LogP) is 2.40. The summed E-state index contributed by atoms with van der Waals surface area (Å²) in [4.78, 5) is 20.7. The van der Waals surface area contributed by atoms with Gasteiger partial charge in [0.25, 0.3) is 5.56 Å². The lowest BCUT2D eigenvalue weighted by atomic mass is 10.2. The Morgan fingerprint density at radius 1 is 1.42 bits per heavy atom. The quantitative estimate of drug-likeness (QED) is 0.735. The largest absolute Gasteiger partial charge is 0.298 e. The van der Waals surface area contributed by atoms with Gasteiger partial charge in [0.1, 0.15) is 4.70 Å². The molecule has 0 bridgehead atoms. The van der Waals surface area contributed by atoms with Gasteiger partial charge < -0.3 is 0 Å². The molecular formula is C14H13N3OS. The van der Waals surface area contributed by atoms with Crippen LogP contribution in [0.1, 0.15) is 11.1 Å². The zero-order chi connectivity index (χ0) is 13.2. The van der Waals surface area contributed by atoms with Crippen molar-refractivity contribution < 1.29 is 0 Å². The Morgan fingerprint density at radius 3 is 3.11 bits per heavy atom. The minimum atomic E-state index is 0.0481. The molecule has 0 N–H and O–H groups in total. The Hall–Kier alpha value is -2.01. The van der Waals surface area contributed by atoms with Crippen LogP contribution in [0.4, 0.5) is 0 Å². The third-order valence-corrected chi connectivity index (χ3v) is 4.16. The molecule has 0 spiro atoms. The van der Waals surface area contributed by atoms with Crippen LogP contribution in [0.25, 0.3) is 10.2 Å². The highest BCUT2D eigenvalue weighted by Crippen LogP contribution is 2.19. The van der Waals surface area contributed by atoms with E-state index in [1.165, 1.54) is 11.3 Å². The third-order valence-electron chi connectivity index (χ3n) is 3.09. The molecule has 19 heavy (non-hydrogen) atoms. The highest BCUT2D eigenvalue weighted by atomic mass is 32.1. The summed E-state index contributed by atoms with van der Waals surface area (Å²) in [5.41, 5.74) is 3.06. The van der Waals surface area contributed by atoms with E-state index < -0.39 is 0 Å². The lowest BCUT2D eigenvalue weighted by Gasteiger charge is -2.05. The molecule has 0 fully saturated rings. The molecule has 3 aromatic heterocycles. The molecule has 0 aromatic carbocycles. The maximum Gasteiger partial charge on any atom is 0.271 e. The molecule has 5 heteroatoms. The fourth-order valence-electron chi connectivity index (χ4n) is 2.02. The first kappa shape index (κ1) is 12.0. The van der Waals surface area contributed by atoms with Crippen LogP contribution in [0, 0.1) is 6.92 Å². The number of nitrogens with zero attached hydrogens (tertiary/aromatic N) is 3. The average molecular weight is 271 g/mol. The summed E-state index contributed by atoms with van der Waals surface area (Å²) < 4.78 is 2.41. The Kier molecular flexibility index (Phi) is 3.13. The number of hydrogen-bond donors (Lipinski definition) is 0. The highest BCUT2D eigenvalue weighted by Gasteiger charge is 2.08. The standard InChI is InChI=1S/C14H13N3OS/c1-10-8-19-13-12(10)16-9-17(14(13)18)6-4-11-3-2-5-15-7-11/h2-3,5,7-9H,4,6H2,1H3. The molecule has 0 amide bonds. The molecule has 3 aromatic rings. The maximum absolute atomic E-state index is 12.3. The summed E-state index contributed by atoms with van der Waals surface area (Å²) in [6.45, 7) is 2.61. The molecule has 0 aliphatic heterocycles. The molecule has 0 saturated carbocycles. The second-order valence-electron chi connectivity index (χ2n) is 4.45. The monoisotopic (exact) mass is 271 g/mol. The summed E-state index contributed by atoms with van der Waals surface area (Å²) in [6, 6.07) is 3.92. The average Bonchev–Trinajstić information content (AvgIpc) is 2.82. The van der Waals surface area contributed by atoms with Crippen LogP contribution in [-0.4, -0.2) is 14.5 Å². The zero-order valence-corrected chi connectivity index (χ0v) is 11.4. The predicted molar refractivity (Wildman–Crippen MR) is 76.6 cm³/mol. The number of aryl methyl sites for hydroxylation is 3. The van der Waals surface area contributed by atoms with E-state index in [0.717, 1.165) is 27.8 Å². The molecule has 0 aliphatic rings. The molecular weight excluding hydrogens is 258 g/mol. The summed E-state index contributed by atoms with van der Waals surface area (Å²) in [6.07, 6.45) is 6.00. The molecule has 0 unspecified atom stereocenters. The van der Waals surface area contributed by atoms with Gasteiger partial charge in [0, 0.05) is 18.9 Å². The Labute approximate surface area is 114 Å². The van der Waals surface area contributed by atoms with E-state index in [-0.39, 0.29) is 5.56 Å². The number of hydrogen-bond acceptors (Lipinski definition) is 4. The topological polar surface area (TPSA) is 47.8 Å². The first-order valence-electron chi connectivity index (χ1n) is 6.08. The van der Waals surface area contributed by atoms with Crippen molar-refractivity contribution in [2.24, 2.45) is 0 Å². The van der Waals surface area contributed by atoms with Crippen LogP contribution in [0.2, 0.25) is 0 Å². The molecule has 4 nitrogen and oxygen atoms in total. The zero-order valence-electron chi connectivity index (χ0n) is 10.5. The van der Waals surface area contributed by atoms with Crippen molar-refractivity contribution in [1.29, 1.82) is 0 Å². The fourth-order valence-corrected chi connectivity index (χ4v) is 2.96. The molecule has 0 aliphatic carbocycles. The number of pyridine rings is 1. The van der Waals surface area contributed by atoms with E-state index in [0.29, 0.717) is 6.54 Å². The fraction of sp³-hybridized carbons (Fsp3) is 0.214. The van der Waals surface area contributed by atoms with Crippen LogP contribution in [0.3, 0.4) is 0 Å². The van der Waals surface area contributed by atoms with Crippen molar-refractivity contribution in [2.45, 2.75) is 19.9 Å². The first-order valence-corrected chi connectivity index (χ1v) is 6.96. The summed E-state index contributed by atoms with van der Waals surface area (Å²) in [7, 11) is 0. The lowest BCUT2D eigenvalue weighted by molar-refractivity contribution is 0.662. The van der Waals surface area contributed by atoms with Gasteiger partial charge >= 0.3 is 0 Å². The number of thiophene rings is 1. The van der Waals surface area contributed by atoms with Crippen molar-refractivity contribution >= 4 is 21.6 Å². The van der Waals surface area contributed by atoms with Crippen molar-refractivity contribution in [2.75, 3.05) is 0 Å². The van der Waals surface area contributed by atoms with E-state index in [1.807, 2.05) is 30.6 Å². The number of rotatable bonds is 3. The molecule has 0 radical (unpaired) electrons. The molecule has 3 heterocycles. The van der Waals surface area contributed by atoms with Gasteiger partial charge in [-0.1, -0.05) is 6.07 Å². The Morgan fingerprint density at radius 2 is 2.32 bits per heavy atom. The Bertz CT molecular complexity index is 761. The van der Waals surface area contributed by atoms with Crippen LogP contribution in [0.5, 0.6) is 0 Å². The van der Waals surface area contributed by atoms with E-state index in [2.05, 4.69) is 9.97 Å². The van der Waals surface area contributed by atoms with Gasteiger partial charge in [-0.15, -0.1) is 11.3 Å². The van der Waals surface area contributed by atoms with Crippen LogP contribution in [0.15, 0.2) is 41.0 Å². The minimum absolute atomic E-state index is 0.0481. The van der Waals surface area contributed by atoms with Gasteiger partial charge in [0.05, 0.1) is 11.8 Å². The van der Waals surface area contributed by atoms with E-state index in [9.17, 15) is 4.79 Å². The lowest BCUT2D eigenvalue weighted by Crippen LogP contribution is -2.20. The second kappa shape index (κ2) is 4.93. The molecule has 0 saturated heterocycles. The smallest absolute Gasteiger partial charge is 0.271 e. The maximum atomic E-state index is 12.3. The van der Waals surface area contributed by atoms with Gasteiger partial charge in [0.15, 0.2) is 0 Å². The first-order chi connectivity index (χ1) is 9.25. The van der Waals surface area contributed by atoms with Crippen LogP contribution in [-0.2, 0) is 13.0 Å². The van der Waals surface area contributed by atoms with Crippen molar-refractivity contribution in [3.63, 3.8) is 0 Å². The number of fused-ring (bicyclic) bond motifs is 1. The summed E-state index contributed by atoms with van der Waals surface area (Å²) >= 11 is 1.47. The van der Waals surface area contributed by atoms with Gasteiger partial charge in [-0.2, -0.15) is 0 Å². The van der Waals surface area contributed by atoms with Crippen molar-refractivity contribution in [3.8, 4) is 0 Å². The van der Waals surface area contributed by atoms with E-state index >= 15 is 0 Å². The normalized spacial score (nSPS) is 11.0. The summed E-state index contributed by atoms with van der Waals surface area (Å²) in [5, 5.41) is 1.98. The number of aromatic nitrogens is 3. The third kappa shape index (κ3) is 2.29. The highest BCUT2D eigenvalue weighted by molar-refractivity contribution is 7.17. The van der Waals surface area contributed by atoms with Gasteiger partial charge in [-0.3, -0.25) is 14.3 Å². The summed E-state index contributed by atoms with van der Waals surface area (Å²) in [5.74, 6) is 0. The van der Waals surface area contributed by atoms with Crippen molar-refractivity contribution in [1.82, 2.24) is 14.5 Å². The van der Waals surface area contributed by atoms with E-state index in [1.54, 1.807) is 17.1 Å². The van der Waals surface area contributed by atoms with Crippen LogP contribution < -0.4 is 5.56 Å². The second-order valence-corrected chi connectivity index (χ2v) is 5.33. The van der Waals surface area contributed by atoms with Crippen LogP contribution >= 0.6 is 11.3 Å². The SMILES string of the molecule is Cc1csc2c(=O)n(CCc3cccnc3)cnc12. The minimum Gasteiger partial charge on any atom is -0.298 e. The van der Waals surface area contributed by atoms with Crippen molar-refractivity contribution in [3.05, 3.63) is 57.7 Å². The van der Waals surface area contributed by atoms with E-state index in [4.69, 9.17) is 0 Å². The molecule has 3 rings (SSSR count). The molecule has 96 valence electrons. The van der Waals surface area contributed by atoms with Gasteiger partial charge in [-0.05, 0) is 35.9 Å². The van der Waals surface area contributed by atoms with Gasteiger partial charge in [-0.25, -0.2) is 4.98 Å². The van der Waals surface area contributed by atoms with Gasteiger partial charge in [0.2, 0.25) is 0 Å².